The molecule has 0 spiro atoms. The van der Waals surface area contributed by atoms with Crippen molar-refractivity contribution in [1.82, 2.24) is 4.90 Å². The van der Waals surface area contributed by atoms with E-state index in [2.05, 4.69) is 0 Å². The van der Waals surface area contributed by atoms with Gasteiger partial charge in [0.2, 0.25) is 0 Å². The van der Waals surface area contributed by atoms with Gasteiger partial charge in [0, 0.05) is 6.42 Å². The lowest BCUT2D eigenvalue weighted by atomic mass is 9.95. The molecular weight excluding hydrogens is 339 g/mol. The summed E-state index contributed by atoms with van der Waals surface area (Å²) in [6, 6.07) is 7.44. The standard InChI is InChI=1S/C17H18F3NO4/c18-17(19,20)14-6-12-9-24-10-13(7-15(14)22)21(12)16(23)25-8-11-4-2-1-3-5-11/h1-5,12-14H,6-10H2. The highest BCUT2D eigenvalue weighted by molar-refractivity contribution is 5.84. The summed E-state index contributed by atoms with van der Waals surface area (Å²) >= 11 is 0. The molecule has 1 aromatic carbocycles. The van der Waals surface area contributed by atoms with Gasteiger partial charge in [-0.1, -0.05) is 30.3 Å². The van der Waals surface area contributed by atoms with Crippen molar-refractivity contribution in [3.8, 4) is 0 Å². The zero-order chi connectivity index (χ0) is 18.0. The quantitative estimate of drug-likeness (QED) is 0.817. The monoisotopic (exact) mass is 357 g/mol. The van der Waals surface area contributed by atoms with Gasteiger partial charge < -0.3 is 9.47 Å². The summed E-state index contributed by atoms with van der Waals surface area (Å²) in [7, 11) is 0. The van der Waals surface area contributed by atoms with Crippen molar-refractivity contribution < 1.29 is 32.2 Å². The second-order valence-corrected chi connectivity index (χ2v) is 6.29. The predicted octanol–water partition coefficient (Wildman–Crippen LogP) is 2.93. The Balaban J connectivity index is 1.74. The summed E-state index contributed by atoms with van der Waals surface area (Å²) in [5.74, 6) is -2.96. The number of alkyl halides is 3. The van der Waals surface area contributed by atoms with Crippen LogP contribution in [0.4, 0.5) is 18.0 Å². The van der Waals surface area contributed by atoms with Gasteiger partial charge in [-0.25, -0.2) is 4.79 Å². The van der Waals surface area contributed by atoms with E-state index >= 15 is 0 Å². The molecule has 0 N–H and O–H groups in total. The lowest BCUT2D eigenvalue weighted by molar-refractivity contribution is -0.183. The Labute approximate surface area is 142 Å². The Morgan fingerprint density at radius 2 is 1.88 bits per heavy atom. The number of nitrogens with zero attached hydrogens (tertiary/aromatic N) is 1. The van der Waals surface area contributed by atoms with E-state index in [9.17, 15) is 22.8 Å². The second-order valence-electron chi connectivity index (χ2n) is 6.29. The molecule has 3 rings (SSSR count). The number of hydrogen-bond donors (Lipinski definition) is 0. The van der Waals surface area contributed by atoms with E-state index in [1.54, 1.807) is 24.3 Å². The third-order valence-corrected chi connectivity index (χ3v) is 4.55. The molecular formula is C17H18F3NO4. The van der Waals surface area contributed by atoms with Crippen molar-refractivity contribution in [1.29, 1.82) is 0 Å². The Kier molecular flexibility index (Phi) is 4.99. The van der Waals surface area contributed by atoms with Crippen LogP contribution in [-0.2, 0) is 20.9 Å². The molecule has 0 aliphatic carbocycles. The SMILES string of the molecule is O=C1CC2COCC(CC1C(F)(F)F)N2C(=O)OCc1ccccc1. The number of rotatable bonds is 2. The average molecular weight is 357 g/mol. The molecule has 3 unspecified atom stereocenters. The highest BCUT2D eigenvalue weighted by Crippen LogP contribution is 2.37. The van der Waals surface area contributed by atoms with Gasteiger partial charge in [-0.3, -0.25) is 9.69 Å². The van der Waals surface area contributed by atoms with E-state index in [0.29, 0.717) is 0 Å². The fraction of sp³-hybridized carbons (Fsp3) is 0.529. The number of halogens is 3. The van der Waals surface area contributed by atoms with E-state index in [0.717, 1.165) is 5.56 Å². The normalized spacial score (nSPS) is 26.9. The Morgan fingerprint density at radius 1 is 1.20 bits per heavy atom. The Morgan fingerprint density at radius 3 is 2.56 bits per heavy atom. The number of ether oxygens (including phenoxy) is 2. The summed E-state index contributed by atoms with van der Waals surface area (Å²) in [6.45, 7) is 0.0250. The summed E-state index contributed by atoms with van der Waals surface area (Å²) in [4.78, 5) is 25.7. The van der Waals surface area contributed by atoms with Crippen molar-refractivity contribution in [2.24, 2.45) is 5.92 Å². The van der Waals surface area contributed by atoms with Crippen LogP contribution in [0.25, 0.3) is 0 Å². The minimum absolute atomic E-state index is 0.0209. The van der Waals surface area contributed by atoms with Crippen LogP contribution in [0.15, 0.2) is 30.3 Å². The van der Waals surface area contributed by atoms with E-state index in [1.165, 1.54) is 4.90 Å². The first-order valence-electron chi connectivity index (χ1n) is 8.02. The van der Waals surface area contributed by atoms with Crippen LogP contribution < -0.4 is 0 Å². The number of carbonyl (C=O) groups is 2. The zero-order valence-corrected chi connectivity index (χ0v) is 13.4. The largest absolute Gasteiger partial charge is 0.445 e. The first-order chi connectivity index (χ1) is 11.9. The van der Waals surface area contributed by atoms with Crippen LogP contribution in [0.1, 0.15) is 18.4 Å². The van der Waals surface area contributed by atoms with Gasteiger partial charge in [0.1, 0.15) is 18.3 Å². The number of fused-ring (bicyclic) bond motifs is 2. The van der Waals surface area contributed by atoms with Gasteiger partial charge >= 0.3 is 12.3 Å². The van der Waals surface area contributed by atoms with Crippen LogP contribution in [0.3, 0.4) is 0 Å². The minimum Gasteiger partial charge on any atom is -0.445 e. The van der Waals surface area contributed by atoms with Gasteiger partial charge in [-0.05, 0) is 12.0 Å². The van der Waals surface area contributed by atoms with E-state index < -0.39 is 42.5 Å². The number of carbonyl (C=O) groups excluding carboxylic acids is 2. The molecule has 5 nitrogen and oxygen atoms in total. The van der Waals surface area contributed by atoms with Gasteiger partial charge in [0.05, 0.1) is 25.3 Å². The molecule has 2 heterocycles. The van der Waals surface area contributed by atoms with E-state index in [-0.39, 0.29) is 26.2 Å². The van der Waals surface area contributed by atoms with Crippen LogP contribution >= 0.6 is 0 Å². The predicted molar refractivity (Wildman–Crippen MR) is 80.6 cm³/mol. The lowest BCUT2D eigenvalue weighted by Crippen LogP contribution is -2.54. The molecule has 8 heteroatoms. The molecule has 3 atom stereocenters. The molecule has 0 saturated carbocycles. The zero-order valence-electron chi connectivity index (χ0n) is 13.4. The third-order valence-electron chi connectivity index (χ3n) is 4.55. The lowest BCUT2D eigenvalue weighted by Gasteiger charge is -2.39. The first kappa shape index (κ1) is 17.7. The van der Waals surface area contributed by atoms with E-state index in [4.69, 9.17) is 9.47 Å². The van der Waals surface area contributed by atoms with Crippen LogP contribution in [0.2, 0.25) is 0 Å². The maximum absolute atomic E-state index is 13.1. The topological polar surface area (TPSA) is 55.8 Å². The Hall–Kier alpha value is -2.09. The summed E-state index contributed by atoms with van der Waals surface area (Å²) in [5.41, 5.74) is 0.774. The van der Waals surface area contributed by atoms with Crippen molar-refractivity contribution in [2.75, 3.05) is 13.2 Å². The number of benzene rings is 1. The maximum Gasteiger partial charge on any atom is 0.410 e. The molecule has 1 amide bonds. The number of hydrogen-bond acceptors (Lipinski definition) is 4. The summed E-state index contributed by atoms with van der Waals surface area (Å²) < 4.78 is 49.9. The minimum atomic E-state index is -4.62. The van der Waals surface area contributed by atoms with Crippen molar-refractivity contribution >= 4 is 11.9 Å². The molecule has 2 aliphatic heterocycles. The van der Waals surface area contributed by atoms with Crippen LogP contribution in [-0.4, -0.2) is 48.3 Å². The summed E-state index contributed by atoms with van der Waals surface area (Å²) in [5, 5.41) is 0. The molecule has 25 heavy (non-hydrogen) atoms. The second kappa shape index (κ2) is 7.03. The van der Waals surface area contributed by atoms with Crippen molar-refractivity contribution in [3.05, 3.63) is 35.9 Å². The molecule has 0 aromatic heterocycles. The van der Waals surface area contributed by atoms with Gasteiger partial charge in [0.25, 0.3) is 0 Å². The molecule has 2 fully saturated rings. The van der Waals surface area contributed by atoms with Crippen molar-refractivity contribution in [2.45, 2.75) is 37.7 Å². The summed E-state index contributed by atoms with van der Waals surface area (Å²) in [6.07, 6.45) is -6.19. The van der Waals surface area contributed by atoms with Crippen LogP contribution in [0, 0.1) is 5.92 Å². The van der Waals surface area contributed by atoms with Gasteiger partial charge in [-0.15, -0.1) is 0 Å². The molecule has 1 aromatic rings. The fourth-order valence-corrected chi connectivity index (χ4v) is 3.32. The smallest absolute Gasteiger partial charge is 0.410 e. The average Bonchev–Trinajstić information content (AvgIpc) is 2.65. The molecule has 136 valence electrons. The first-order valence-corrected chi connectivity index (χ1v) is 8.02. The Bertz CT molecular complexity index is 635. The highest BCUT2D eigenvalue weighted by atomic mass is 19.4. The van der Waals surface area contributed by atoms with Crippen LogP contribution in [0.5, 0.6) is 0 Å². The number of morpholine rings is 1. The number of Topliss-reactive ketones (excluding diaryl/α,β-unsaturated/α-hetero) is 1. The third kappa shape index (κ3) is 3.95. The fourth-order valence-electron chi connectivity index (χ4n) is 3.32. The molecule has 2 aliphatic rings. The van der Waals surface area contributed by atoms with Gasteiger partial charge in [-0.2, -0.15) is 13.2 Å². The number of ketones is 1. The maximum atomic E-state index is 13.1. The molecule has 0 radical (unpaired) electrons. The number of amides is 1. The molecule has 2 saturated heterocycles. The molecule has 2 bridgehead atoms. The highest BCUT2D eigenvalue weighted by Gasteiger charge is 2.52. The van der Waals surface area contributed by atoms with Gasteiger partial charge in [0.15, 0.2) is 0 Å². The van der Waals surface area contributed by atoms with Crippen molar-refractivity contribution in [3.63, 3.8) is 0 Å². The van der Waals surface area contributed by atoms with E-state index in [1.807, 2.05) is 6.07 Å².